The van der Waals surface area contributed by atoms with E-state index in [1.165, 1.54) is 0 Å². The zero-order valence-electron chi connectivity index (χ0n) is 9.23. The van der Waals surface area contributed by atoms with Crippen molar-refractivity contribution in [3.63, 3.8) is 0 Å². The number of aliphatic hydroxyl groups is 2. The minimum absolute atomic E-state index is 0.151. The number of hydrogen-bond donors (Lipinski definition) is 3. The van der Waals surface area contributed by atoms with E-state index >= 15 is 0 Å². The van der Waals surface area contributed by atoms with Gasteiger partial charge in [0, 0.05) is 18.6 Å². The number of rotatable bonds is 6. The lowest BCUT2D eigenvalue weighted by Crippen LogP contribution is -2.44. The van der Waals surface area contributed by atoms with E-state index in [1.807, 2.05) is 0 Å². The molecule has 0 radical (unpaired) electrons. The van der Waals surface area contributed by atoms with Gasteiger partial charge in [-0.25, -0.2) is 0 Å². The first-order valence-corrected chi connectivity index (χ1v) is 6.74. The Kier molecular flexibility index (Phi) is 5.01. The van der Waals surface area contributed by atoms with E-state index in [2.05, 4.69) is 0 Å². The van der Waals surface area contributed by atoms with Crippen LogP contribution in [-0.4, -0.2) is 41.6 Å². The average Bonchev–Trinajstić information content (AvgIpc) is 2.26. The third-order valence-electron chi connectivity index (χ3n) is 2.27. The number of aliphatic hydroxyl groups excluding tert-OH is 2. The zero-order chi connectivity index (χ0) is 12.9. The standard InChI is InChI=1S/C10H15NO5S/c12-8-10(13)7-11-5-2-1-3-9(11)4-6-17(14,15)16/h1-3,5,10,12-13H,4,6-8H2/p+1/t10-/m1/s1. The summed E-state index contributed by atoms with van der Waals surface area (Å²) in [5.74, 6) is -0.369. The summed E-state index contributed by atoms with van der Waals surface area (Å²) in [6.45, 7) is -0.183. The third-order valence-corrected chi connectivity index (χ3v) is 2.99. The van der Waals surface area contributed by atoms with Crippen molar-refractivity contribution in [3.8, 4) is 0 Å². The molecule has 1 aromatic heterocycles. The van der Waals surface area contributed by atoms with Crippen LogP contribution in [-0.2, 0) is 23.1 Å². The fourth-order valence-electron chi connectivity index (χ4n) is 1.44. The molecule has 0 aromatic carbocycles. The van der Waals surface area contributed by atoms with Crippen LogP contribution in [0.4, 0.5) is 0 Å². The highest BCUT2D eigenvalue weighted by atomic mass is 32.2. The highest BCUT2D eigenvalue weighted by Gasteiger charge is 2.16. The summed E-state index contributed by atoms with van der Waals surface area (Å²) < 4.78 is 31.6. The van der Waals surface area contributed by atoms with Crippen molar-refractivity contribution in [3.05, 3.63) is 30.1 Å². The molecule has 0 aliphatic carbocycles. The number of hydrogen-bond acceptors (Lipinski definition) is 4. The SMILES string of the molecule is O=S(=O)(O)CCc1cccc[n+]1C[C@@H](O)CO. The van der Waals surface area contributed by atoms with Gasteiger partial charge in [0.05, 0.1) is 12.4 Å². The largest absolute Gasteiger partial charge is 0.393 e. The fourth-order valence-corrected chi connectivity index (χ4v) is 1.90. The third kappa shape index (κ3) is 5.22. The predicted octanol–water partition coefficient (Wildman–Crippen LogP) is -1.24. The van der Waals surface area contributed by atoms with Crippen LogP contribution >= 0.6 is 0 Å². The van der Waals surface area contributed by atoms with E-state index in [0.29, 0.717) is 5.69 Å². The van der Waals surface area contributed by atoms with E-state index in [1.54, 1.807) is 29.0 Å². The zero-order valence-corrected chi connectivity index (χ0v) is 10.0. The summed E-state index contributed by atoms with van der Waals surface area (Å²) in [4.78, 5) is 0. The number of pyridine rings is 1. The van der Waals surface area contributed by atoms with Gasteiger partial charge >= 0.3 is 0 Å². The van der Waals surface area contributed by atoms with Gasteiger partial charge in [-0.1, -0.05) is 6.07 Å². The first kappa shape index (κ1) is 14.0. The lowest BCUT2D eigenvalue weighted by molar-refractivity contribution is -0.710. The molecular formula is C10H16NO5S+. The lowest BCUT2D eigenvalue weighted by atomic mass is 10.2. The molecule has 0 fully saturated rings. The molecule has 0 amide bonds. The monoisotopic (exact) mass is 262 g/mol. The number of aromatic nitrogens is 1. The van der Waals surface area contributed by atoms with Crippen molar-refractivity contribution in [1.29, 1.82) is 0 Å². The van der Waals surface area contributed by atoms with Gasteiger partial charge in [-0.3, -0.25) is 4.55 Å². The van der Waals surface area contributed by atoms with E-state index in [0.717, 1.165) is 0 Å². The van der Waals surface area contributed by atoms with Crippen molar-refractivity contribution in [2.45, 2.75) is 19.1 Å². The molecule has 0 aliphatic rings. The molecule has 1 rings (SSSR count). The second-order valence-corrected chi connectivity index (χ2v) is 5.29. The van der Waals surface area contributed by atoms with E-state index in [4.69, 9.17) is 9.66 Å². The van der Waals surface area contributed by atoms with Crippen LogP contribution in [0.15, 0.2) is 24.4 Å². The van der Waals surface area contributed by atoms with Crippen molar-refractivity contribution in [2.75, 3.05) is 12.4 Å². The van der Waals surface area contributed by atoms with Gasteiger partial charge in [0.1, 0.15) is 6.10 Å². The van der Waals surface area contributed by atoms with Crippen molar-refractivity contribution < 1.29 is 27.8 Å². The summed E-state index contributed by atoms with van der Waals surface area (Å²) in [5, 5.41) is 18.1. The minimum Gasteiger partial charge on any atom is -0.393 e. The molecule has 96 valence electrons. The Bertz CT molecular complexity index is 460. The van der Waals surface area contributed by atoms with Crippen molar-refractivity contribution in [2.24, 2.45) is 0 Å². The number of aryl methyl sites for hydroxylation is 1. The van der Waals surface area contributed by atoms with Crippen LogP contribution in [0, 0.1) is 0 Å². The molecule has 0 saturated carbocycles. The van der Waals surface area contributed by atoms with Gasteiger partial charge in [-0.05, 0) is 0 Å². The van der Waals surface area contributed by atoms with Gasteiger partial charge in [0.2, 0.25) is 0 Å². The fraction of sp³-hybridized carbons (Fsp3) is 0.500. The maximum atomic E-state index is 10.7. The molecule has 6 nitrogen and oxygen atoms in total. The molecule has 0 bridgehead atoms. The molecule has 1 aromatic rings. The first-order valence-electron chi connectivity index (χ1n) is 5.14. The quantitative estimate of drug-likeness (QED) is 0.440. The van der Waals surface area contributed by atoms with Gasteiger partial charge in [-0.15, -0.1) is 0 Å². The summed E-state index contributed by atoms with van der Waals surface area (Å²) in [6, 6.07) is 5.18. The topological polar surface area (TPSA) is 98.7 Å². The summed E-state index contributed by atoms with van der Waals surface area (Å²) in [5.41, 5.74) is 0.664. The Morgan fingerprint density at radius 2 is 2.06 bits per heavy atom. The molecule has 0 spiro atoms. The molecule has 3 N–H and O–H groups in total. The highest BCUT2D eigenvalue weighted by Crippen LogP contribution is 1.97. The average molecular weight is 262 g/mol. The Morgan fingerprint density at radius 3 is 2.65 bits per heavy atom. The van der Waals surface area contributed by atoms with Crippen LogP contribution in [0.5, 0.6) is 0 Å². The molecule has 0 unspecified atom stereocenters. The van der Waals surface area contributed by atoms with Gasteiger partial charge in [-0.2, -0.15) is 13.0 Å². The van der Waals surface area contributed by atoms with Crippen LogP contribution in [0.1, 0.15) is 5.69 Å². The maximum absolute atomic E-state index is 10.7. The van der Waals surface area contributed by atoms with Crippen LogP contribution in [0.3, 0.4) is 0 Å². The second-order valence-electron chi connectivity index (χ2n) is 3.72. The highest BCUT2D eigenvalue weighted by molar-refractivity contribution is 7.85. The predicted molar refractivity (Wildman–Crippen MR) is 59.8 cm³/mol. The number of nitrogens with zero attached hydrogens (tertiary/aromatic N) is 1. The Hall–Kier alpha value is -1.02. The normalized spacial score (nSPS) is 13.6. The van der Waals surface area contributed by atoms with Gasteiger partial charge in [0.25, 0.3) is 10.1 Å². The molecule has 1 atom stereocenters. The summed E-state index contributed by atoms with van der Waals surface area (Å²) in [7, 11) is -4.00. The molecule has 7 heteroatoms. The van der Waals surface area contributed by atoms with Gasteiger partial charge < -0.3 is 10.2 Å². The van der Waals surface area contributed by atoms with E-state index in [9.17, 15) is 13.5 Å². The smallest absolute Gasteiger partial charge is 0.265 e. The molecule has 1 heterocycles. The summed E-state index contributed by atoms with van der Waals surface area (Å²) >= 11 is 0. The van der Waals surface area contributed by atoms with Crippen molar-refractivity contribution in [1.82, 2.24) is 0 Å². The lowest BCUT2D eigenvalue weighted by Gasteiger charge is -2.06. The maximum Gasteiger partial charge on any atom is 0.265 e. The minimum atomic E-state index is -4.00. The van der Waals surface area contributed by atoms with Crippen LogP contribution in [0.2, 0.25) is 0 Å². The first-order chi connectivity index (χ1) is 7.92. The Balaban J connectivity index is 2.77. The molecule has 0 saturated heterocycles. The second kappa shape index (κ2) is 6.06. The van der Waals surface area contributed by atoms with Crippen molar-refractivity contribution >= 4 is 10.1 Å². The Labute approximate surface area is 99.9 Å². The van der Waals surface area contributed by atoms with Crippen LogP contribution < -0.4 is 4.57 Å². The Morgan fingerprint density at radius 1 is 1.35 bits per heavy atom. The van der Waals surface area contributed by atoms with E-state index < -0.39 is 16.2 Å². The summed E-state index contributed by atoms with van der Waals surface area (Å²) in [6.07, 6.45) is 0.933. The molecule has 17 heavy (non-hydrogen) atoms. The molecule has 0 aliphatic heterocycles. The van der Waals surface area contributed by atoms with Gasteiger partial charge in [0.15, 0.2) is 18.4 Å². The molecular weight excluding hydrogens is 246 g/mol. The van der Waals surface area contributed by atoms with E-state index in [-0.39, 0.29) is 25.3 Å². The van der Waals surface area contributed by atoms with Crippen LogP contribution in [0.25, 0.3) is 0 Å².